The van der Waals surface area contributed by atoms with Crippen molar-refractivity contribution in [3.8, 4) is 11.6 Å². The van der Waals surface area contributed by atoms with Gasteiger partial charge in [-0.3, -0.25) is 14.7 Å². The number of amides is 2. The number of furan rings is 1. The van der Waals surface area contributed by atoms with Gasteiger partial charge in [0.2, 0.25) is 5.91 Å². The van der Waals surface area contributed by atoms with Crippen LogP contribution in [-0.4, -0.2) is 38.1 Å². The standard InChI is InChI=1S/C21H24FN5O4S/c1-5-27-18(16-7-6-10-30-16)25-26-19(27)32-12-17(28)23-13-8-9-14(22)15(11-13)24-20(29)31-21(2,3)4/h6-11H,5,12H2,1-4H3,(H,23,28)(H,24,29). The number of benzene rings is 1. The lowest BCUT2D eigenvalue weighted by Crippen LogP contribution is -2.27. The van der Waals surface area contributed by atoms with Gasteiger partial charge in [0.1, 0.15) is 11.4 Å². The molecule has 0 saturated heterocycles. The van der Waals surface area contributed by atoms with Crippen LogP contribution < -0.4 is 10.6 Å². The predicted molar refractivity (Wildman–Crippen MR) is 119 cm³/mol. The highest BCUT2D eigenvalue weighted by molar-refractivity contribution is 7.99. The number of nitrogens with zero attached hydrogens (tertiary/aromatic N) is 3. The Morgan fingerprint density at radius 1 is 1.22 bits per heavy atom. The maximum atomic E-state index is 14.1. The highest BCUT2D eigenvalue weighted by Gasteiger charge is 2.19. The van der Waals surface area contributed by atoms with E-state index in [4.69, 9.17) is 9.15 Å². The van der Waals surface area contributed by atoms with Crippen LogP contribution in [0.1, 0.15) is 27.7 Å². The molecule has 32 heavy (non-hydrogen) atoms. The Kier molecular flexibility index (Phi) is 7.18. The van der Waals surface area contributed by atoms with E-state index in [1.807, 2.05) is 11.5 Å². The number of carbonyl (C=O) groups is 2. The Morgan fingerprint density at radius 3 is 2.66 bits per heavy atom. The van der Waals surface area contributed by atoms with Crippen molar-refractivity contribution >= 4 is 35.1 Å². The smallest absolute Gasteiger partial charge is 0.412 e. The van der Waals surface area contributed by atoms with Gasteiger partial charge in [-0.1, -0.05) is 11.8 Å². The number of anilines is 2. The highest BCUT2D eigenvalue weighted by atomic mass is 32.2. The molecule has 0 aliphatic heterocycles. The minimum Gasteiger partial charge on any atom is -0.461 e. The number of thioether (sulfide) groups is 1. The summed E-state index contributed by atoms with van der Waals surface area (Å²) in [5.74, 6) is 0.256. The molecule has 2 amide bonds. The van der Waals surface area contributed by atoms with Gasteiger partial charge in [0, 0.05) is 12.2 Å². The van der Waals surface area contributed by atoms with Crippen LogP contribution in [-0.2, 0) is 16.1 Å². The number of rotatable bonds is 7. The van der Waals surface area contributed by atoms with Crippen LogP contribution in [0.3, 0.4) is 0 Å². The molecule has 2 heterocycles. The molecule has 0 spiro atoms. The second-order valence-electron chi connectivity index (χ2n) is 7.69. The Labute approximate surface area is 188 Å². The molecule has 2 aromatic heterocycles. The number of hydrogen-bond acceptors (Lipinski definition) is 7. The highest BCUT2D eigenvalue weighted by Crippen LogP contribution is 2.25. The Balaban J connectivity index is 1.61. The fourth-order valence-corrected chi connectivity index (χ4v) is 3.51. The quantitative estimate of drug-likeness (QED) is 0.487. The zero-order valence-corrected chi connectivity index (χ0v) is 19.0. The molecule has 0 aliphatic rings. The second kappa shape index (κ2) is 9.86. The number of nitrogens with one attached hydrogen (secondary N) is 2. The van der Waals surface area contributed by atoms with Crippen LogP contribution in [0.5, 0.6) is 0 Å². The monoisotopic (exact) mass is 461 g/mol. The van der Waals surface area contributed by atoms with Gasteiger partial charge in [-0.05, 0) is 58.0 Å². The first-order valence-electron chi connectivity index (χ1n) is 9.85. The molecule has 3 rings (SSSR count). The van der Waals surface area contributed by atoms with E-state index in [0.29, 0.717) is 29.0 Å². The first kappa shape index (κ1) is 23.3. The van der Waals surface area contributed by atoms with Gasteiger partial charge < -0.3 is 14.5 Å². The first-order valence-corrected chi connectivity index (χ1v) is 10.8. The molecule has 3 aromatic rings. The van der Waals surface area contributed by atoms with E-state index in [1.165, 1.54) is 23.9 Å². The van der Waals surface area contributed by atoms with Crippen molar-refractivity contribution in [2.24, 2.45) is 0 Å². The van der Waals surface area contributed by atoms with Crippen LogP contribution in [0.15, 0.2) is 46.2 Å². The third-order valence-electron chi connectivity index (χ3n) is 3.99. The third kappa shape index (κ3) is 6.10. The van der Waals surface area contributed by atoms with Crippen LogP contribution in [0.4, 0.5) is 20.6 Å². The van der Waals surface area contributed by atoms with Gasteiger partial charge in [0.05, 0.1) is 17.7 Å². The number of carbonyl (C=O) groups excluding carboxylic acids is 2. The van der Waals surface area contributed by atoms with Crippen LogP contribution in [0.2, 0.25) is 0 Å². The minimum atomic E-state index is -0.790. The van der Waals surface area contributed by atoms with Crippen molar-refractivity contribution in [1.82, 2.24) is 14.8 Å². The lowest BCUT2D eigenvalue weighted by molar-refractivity contribution is -0.113. The molecule has 2 N–H and O–H groups in total. The SMILES string of the molecule is CCn1c(SCC(=O)Nc2ccc(F)c(NC(=O)OC(C)(C)C)c2)nnc1-c1ccco1. The Morgan fingerprint density at radius 2 is 2.00 bits per heavy atom. The summed E-state index contributed by atoms with van der Waals surface area (Å²) in [7, 11) is 0. The van der Waals surface area contributed by atoms with Gasteiger partial charge in [-0.25, -0.2) is 9.18 Å². The number of halogens is 1. The summed E-state index contributed by atoms with van der Waals surface area (Å²) < 4.78 is 26.4. The van der Waals surface area contributed by atoms with Crippen LogP contribution in [0, 0.1) is 5.82 Å². The maximum Gasteiger partial charge on any atom is 0.412 e. The Hall–Kier alpha value is -3.34. The van der Waals surface area contributed by atoms with Gasteiger partial charge in [-0.2, -0.15) is 0 Å². The van der Waals surface area contributed by atoms with Gasteiger partial charge >= 0.3 is 6.09 Å². The summed E-state index contributed by atoms with van der Waals surface area (Å²) in [5, 5.41) is 13.9. The summed E-state index contributed by atoms with van der Waals surface area (Å²) in [6.07, 6.45) is 0.764. The molecule has 9 nitrogen and oxygen atoms in total. The Bertz CT molecular complexity index is 1090. The van der Waals surface area contributed by atoms with Gasteiger partial charge in [0.15, 0.2) is 16.7 Å². The van der Waals surface area contributed by atoms with E-state index in [0.717, 1.165) is 6.07 Å². The third-order valence-corrected chi connectivity index (χ3v) is 4.96. The van der Waals surface area contributed by atoms with Gasteiger partial charge in [0.25, 0.3) is 0 Å². The van der Waals surface area contributed by atoms with E-state index in [1.54, 1.807) is 39.2 Å². The van der Waals surface area contributed by atoms with E-state index in [-0.39, 0.29) is 17.3 Å². The molecule has 0 aliphatic carbocycles. The average molecular weight is 462 g/mol. The largest absolute Gasteiger partial charge is 0.461 e. The zero-order chi connectivity index (χ0) is 23.3. The van der Waals surface area contributed by atoms with Gasteiger partial charge in [-0.15, -0.1) is 10.2 Å². The fourth-order valence-electron chi connectivity index (χ4n) is 2.71. The van der Waals surface area contributed by atoms with Crippen molar-refractivity contribution in [2.45, 2.75) is 45.0 Å². The van der Waals surface area contributed by atoms with E-state index >= 15 is 0 Å². The number of aromatic nitrogens is 3. The summed E-state index contributed by atoms with van der Waals surface area (Å²) in [6.45, 7) is 7.65. The predicted octanol–water partition coefficient (Wildman–Crippen LogP) is 4.77. The number of ether oxygens (including phenoxy) is 1. The van der Waals surface area contributed by atoms with Crippen molar-refractivity contribution in [3.05, 3.63) is 42.4 Å². The van der Waals surface area contributed by atoms with Crippen molar-refractivity contribution in [3.63, 3.8) is 0 Å². The molecule has 0 saturated carbocycles. The molecule has 0 bridgehead atoms. The molecule has 0 unspecified atom stereocenters. The molecule has 0 fully saturated rings. The molecule has 11 heteroatoms. The fraction of sp³-hybridized carbons (Fsp3) is 0.333. The zero-order valence-electron chi connectivity index (χ0n) is 18.1. The summed E-state index contributed by atoms with van der Waals surface area (Å²) >= 11 is 1.21. The number of hydrogen-bond donors (Lipinski definition) is 2. The molecular weight excluding hydrogens is 437 g/mol. The lowest BCUT2D eigenvalue weighted by Gasteiger charge is -2.20. The summed E-state index contributed by atoms with van der Waals surface area (Å²) in [4.78, 5) is 24.3. The summed E-state index contributed by atoms with van der Waals surface area (Å²) in [5.41, 5.74) is -0.491. The van der Waals surface area contributed by atoms with E-state index < -0.39 is 17.5 Å². The maximum absolute atomic E-state index is 14.1. The summed E-state index contributed by atoms with van der Waals surface area (Å²) in [6, 6.07) is 7.43. The van der Waals surface area contributed by atoms with E-state index in [2.05, 4.69) is 20.8 Å². The molecular formula is C21H24FN5O4S. The molecule has 170 valence electrons. The van der Waals surface area contributed by atoms with Crippen LogP contribution in [0.25, 0.3) is 11.6 Å². The molecule has 1 aromatic carbocycles. The average Bonchev–Trinajstić information content (AvgIpc) is 3.36. The molecule has 0 atom stereocenters. The van der Waals surface area contributed by atoms with E-state index in [9.17, 15) is 14.0 Å². The van der Waals surface area contributed by atoms with Crippen molar-refractivity contribution in [2.75, 3.05) is 16.4 Å². The van der Waals surface area contributed by atoms with Crippen molar-refractivity contribution < 1.29 is 23.1 Å². The first-order chi connectivity index (χ1) is 15.2. The normalized spacial score (nSPS) is 11.3. The van der Waals surface area contributed by atoms with Crippen molar-refractivity contribution in [1.29, 1.82) is 0 Å². The molecule has 0 radical (unpaired) electrons. The topological polar surface area (TPSA) is 111 Å². The van der Waals surface area contributed by atoms with Crippen LogP contribution >= 0.6 is 11.8 Å². The minimum absolute atomic E-state index is 0.0580. The second-order valence-corrected chi connectivity index (χ2v) is 8.63. The lowest BCUT2D eigenvalue weighted by atomic mass is 10.2.